The zero-order valence-corrected chi connectivity index (χ0v) is 13.3. The molecule has 1 aromatic rings. The molecule has 1 rings (SSSR count). The van der Waals surface area contributed by atoms with E-state index in [4.69, 9.17) is 15.2 Å². The molecule has 20 heavy (non-hydrogen) atoms. The number of hydrogen-bond donors (Lipinski definition) is 1. The van der Waals surface area contributed by atoms with Gasteiger partial charge < -0.3 is 20.1 Å². The summed E-state index contributed by atoms with van der Waals surface area (Å²) in [5.41, 5.74) is 7.86. The first-order valence-electron chi connectivity index (χ1n) is 7.14. The molecule has 6 nitrogen and oxygen atoms in total. The first-order valence-corrected chi connectivity index (χ1v) is 7.14. The molecule has 0 spiro atoms. The molecule has 1 aromatic heterocycles. The predicted molar refractivity (Wildman–Crippen MR) is 82.2 cm³/mol. The Balaban J connectivity index is 3.10. The molecule has 0 aliphatic rings. The highest BCUT2D eigenvalue weighted by Crippen LogP contribution is 2.28. The van der Waals surface area contributed by atoms with Crippen LogP contribution in [0.5, 0.6) is 0 Å². The number of nitrogen functional groups attached to an aromatic ring is 1. The number of nitrogens with two attached hydrogens (primary N) is 1. The van der Waals surface area contributed by atoms with Crippen LogP contribution in [0.15, 0.2) is 0 Å². The molecule has 6 heteroatoms. The van der Waals surface area contributed by atoms with Gasteiger partial charge >= 0.3 is 0 Å². The minimum absolute atomic E-state index is 0.212. The number of aromatic nitrogens is 2. The fourth-order valence-corrected chi connectivity index (χ4v) is 2.31. The first kappa shape index (κ1) is 16.8. The summed E-state index contributed by atoms with van der Waals surface area (Å²) in [6.45, 7) is 9.10. The summed E-state index contributed by atoms with van der Waals surface area (Å²) in [5, 5.41) is 4.54. The Morgan fingerprint density at radius 3 is 2.60 bits per heavy atom. The van der Waals surface area contributed by atoms with Gasteiger partial charge in [-0.2, -0.15) is 5.10 Å². The Bertz CT molecular complexity index is 406. The summed E-state index contributed by atoms with van der Waals surface area (Å²) in [4.78, 5) is 2.22. The largest absolute Gasteiger partial charge is 0.394 e. The lowest BCUT2D eigenvalue weighted by molar-refractivity contribution is 0.170. The second kappa shape index (κ2) is 8.11. The topological polar surface area (TPSA) is 65.5 Å². The van der Waals surface area contributed by atoms with Crippen LogP contribution < -0.4 is 10.6 Å². The second-order valence-corrected chi connectivity index (χ2v) is 5.04. The van der Waals surface area contributed by atoms with E-state index in [-0.39, 0.29) is 6.04 Å². The standard InChI is InChI=1S/C14H28N4O2/c1-6-7-18-14(13(15)12(3)16-18)17(8-9-19-4)11(2)10-20-5/h11H,6-10,15H2,1-5H3. The van der Waals surface area contributed by atoms with Crippen molar-refractivity contribution in [2.24, 2.45) is 0 Å². The number of aryl methyl sites for hydroxylation is 2. The zero-order valence-electron chi connectivity index (χ0n) is 13.3. The maximum atomic E-state index is 6.23. The Morgan fingerprint density at radius 2 is 2.05 bits per heavy atom. The van der Waals surface area contributed by atoms with Gasteiger partial charge in [0.15, 0.2) is 5.82 Å². The molecule has 0 aliphatic carbocycles. The van der Waals surface area contributed by atoms with Crippen LogP contribution >= 0.6 is 0 Å². The van der Waals surface area contributed by atoms with Crippen LogP contribution in [0.1, 0.15) is 26.0 Å². The first-order chi connectivity index (χ1) is 9.56. The van der Waals surface area contributed by atoms with Gasteiger partial charge in [0.05, 0.1) is 30.6 Å². The van der Waals surface area contributed by atoms with E-state index in [9.17, 15) is 0 Å². The molecule has 0 saturated carbocycles. The van der Waals surface area contributed by atoms with Crippen molar-refractivity contribution in [3.63, 3.8) is 0 Å². The summed E-state index contributed by atoms with van der Waals surface area (Å²) in [7, 11) is 3.42. The van der Waals surface area contributed by atoms with Crippen molar-refractivity contribution in [3.05, 3.63) is 5.69 Å². The lowest BCUT2D eigenvalue weighted by Crippen LogP contribution is -2.40. The van der Waals surface area contributed by atoms with Crippen molar-refractivity contribution in [1.82, 2.24) is 9.78 Å². The maximum Gasteiger partial charge on any atom is 0.151 e. The third-order valence-corrected chi connectivity index (χ3v) is 3.33. The SMILES string of the molecule is CCCn1nc(C)c(N)c1N(CCOC)C(C)COC. The fourth-order valence-electron chi connectivity index (χ4n) is 2.31. The van der Waals surface area contributed by atoms with Crippen molar-refractivity contribution >= 4 is 11.5 Å². The van der Waals surface area contributed by atoms with E-state index in [1.54, 1.807) is 14.2 Å². The molecular weight excluding hydrogens is 256 g/mol. The lowest BCUT2D eigenvalue weighted by Gasteiger charge is -2.31. The number of rotatable bonds is 9. The summed E-state index contributed by atoms with van der Waals surface area (Å²) < 4.78 is 12.5. The zero-order chi connectivity index (χ0) is 15.1. The van der Waals surface area contributed by atoms with Gasteiger partial charge in [0.1, 0.15) is 0 Å². The van der Waals surface area contributed by atoms with Gasteiger partial charge in [-0.25, -0.2) is 4.68 Å². The molecule has 0 aliphatic heterocycles. The Labute approximate surface area is 121 Å². The van der Waals surface area contributed by atoms with E-state index in [2.05, 4.69) is 23.8 Å². The van der Waals surface area contributed by atoms with Crippen LogP contribution in [-0.2, 0) is 16.0 Å². The van der Waals surface area contributed by atoms with Crippen LogP contribution in [0.3, 0.4) is 0 Å². The average Bonchev–Trinajstić information content (AvgIpc) is 2.68. The molecule has 1 unspecified atom stereocenters. The van der Waals surface area contributed by atoms with E-state index >= 15 is 0 Å². The third kappa shape index (κ3) is 3.86. The summed E-state index contributed by atoms with van der Waals surface area (Å²) >= 11 is 0. The van der Waals surface area contributed by atoms with Crippen molar-refractivity contribution < 1.29 is 9.47 Å². The third-order valence-electron chi connectivity index (χ3n) is 3.33. The Hall–Kier alpha value is -1.27. The second-order valence-electron chi connectivity index (χ2n) is 5.04. The van der Waals surface area contributed by atoms with Crippen LogP contribution in [0.2, 0.25) is 0 Å². The molecule has 0 amide bonds. The van der Waals surface area contributed by atoms with Crippen molar-refractivity contribution in [3.8, 4) is 0 Å². The van der Waals surface area contributed by atoms with Gasteiger partial charge in [-0.3, -0.25) is 0 Å². The van der Waals surface area contributed by atoms with E-state index in [0.717, 1.165) is 36.7 Å². The number of ether oxygens (including phenoxy) is 2. The monoisotopic (exact) mass is 284 g/mol. The van der Waals surface area contributed by atoms with Gasteiger partial charge in [0.25, 0.3) is 0 Å². The van der Waals surface area contributed by atoms with Gasteiger partial charge in [0.2, 0.25) is 0 Å². The molecule has 116 valence electrons. The normalized spacial score (nSPS) is 12.7. The molecular formula is C14H28N4O2. The van der Waals surface area contributed by atoms with Crippen LogP contribution in [0.25, 0.3) is 0 Å². The molecule has 1 atom stereocenters. The highest BCUT2D eigenvalue weighted by molar-refractivity contribution is 5.66. The smallest absolute Gasteiger partial charge is 0.151 e. The maximum absolute atomic E-state index is 6.23. The quantitative estimate of drug-likeness (QED) is 0.747. The van der Waals surface area contributed by atoms with Gasteiger partial charge in [-0.1, -0.05) is 6.92 Å². The highest BCUT2D eigenvalue weighted by atomic mass is 16.5. The van der Waals surface area contributed by atoms with Crippen molar-refractivity contribution in [1.29, 1.82) is 0 Å². The Kier molecular flexibility index (Phi) is 6.81. The number of nitrogens with zero attached hydrogens (tertiary/aromatic N) is 3. The molecule has 0 fully saturated rings. The molecule has 2 N–H and O–H groups in total. The van der Waals surface area contributed by atoms with E-state index < -0.39 is 0 Å². The van der Waals surface area contributed by atoms with Crippen molar-refractivity contribution in [2.75, 3.05) is 44.6 Å². The minimum atomic E-state index is 0.212. The molecule has 0 radical (unpaired) electrons. The van der Waals surface area contributed by atoms with E-state index in [1.807, 2.05) is 11.6 Å². The lowest BCUT2D eigenvalue weighted by atomic mass is 10.2. The van der Waals surface area contributed by atoms with E-state index in [1.165, 1.54) is 0 Å². The van der Waals surface area contributed by atoms with E-state index in [0.29, 0.717) is 13.2 Å². The number of hydrogen-bond acceptors (Lipinski definition) is 5. The number of methoxy groups -OCH3 is 2. The number of anilines is 2. The fraction of sp³-hybridized carbons (Fsp3) is 0.786. The van der Waals surface area contributed by atoms with Gasteiger partial charge in [-0.05, 0) is 20.3 Å². The van der Waals surface area contributed by atoms with Crippen molar-refractivity contribution in [2.45, 2.75) is 39.8 Å². The Morgan fingerprint density at radius 1 is 1.35 bits per heavy atom. The minimum Gasteiger partial charge on any atom is -0.394 e. The van der Waals surface area contributed by atoms with Crippen LogP contribution in [0, 0.1) is 6.92 Å². The predicted octanol–water partition coefficient (Wildman–Crippen LogP) is 1.67. The summed E-state index contributed by atoms with van der Waals surface area (Å²) in [6, 6.07) is 0.212. The highest BCUT2D eigenvalue weighted by Gasteiger charge is 2.23. The molecule has 0 aromatic carbocycles. The molecule has 1 heterocycles. The summed E-state index contributed by atoms with van der Waals surface area (Å²) in [5.74, 6) is 0.978. The molecule has 0 bridgehead atoms. The van der Waals surface area contributed by atoms with Gasteiger partial charge in [0, 0.05) is 27.3 Å². The van der Waals surface area contributed by atoms with Crippen LogP contribution in [-0.4, -0.2) is 49.8 Å². The average molecular weight is 284 g/mol. The van der Waals surface area contributed by atoms with Gasteiger partial charge in [-0.15, -0.1) is 0 Å². The van der Waals surface area contributed by atoms with Crippen LogP contribution in [0.4, 0.5) is 11.5 Å². The summed E-state index contributed by atoms with van der Waals surface area (Å²) in [6.07, 6.45) is 1.02. The molecule has 0 saturated heterocycles.